The highest BCUT2D eigenvalue weighted by Gasteiger charge is 2.37. The molecule has 0 spiro atoms. The van der Waals surface area contributed by atoms with Crippen LogP contribution in [0.15, 0.2) is 0 Å². The van der Waals surface area contributed by atoms with Crippen molar-refractivity contribution in [1.29, 1.82) is 0 Å². The normalized spacial score (nSPS) is 27.2. The average molecular weight is 253 g/mol. The lowest BCUT2D eigenvalue weighted by Gasteiger charge is -2.36. The predicted octanol–water partition coefficient (Wildman–Crippen LogP) is 0.514. The second-order valence-electron chi connectivity index (χ2n) is 5.75. The molecule has 0 aromatic rings. The summed E-state index contributed by atoms with van der Waals surface area (Å²) in [5.41, 5.74) is 11.2. The standard InChI is InChI=1S/C13H23N3O2/c14-12(18)10-5-1-4-8-16(10)11(17)9-13(15)6-2-3-7-13/h10H,1-9,15H2,(H2,14,18). The third-order valence-corrected chi connectivity index (χ3v) is 4.25. The molecule has 0 aromatic heterocycles. The average Bonchev–Trinajstić information content (AvgIpc) is 2.75. The van der Waals surface area contributed by atoms with Crippen LogP contribution in [0, 0.1) is 0 Å². The zero-order valence-corrected chi connectivity index (χ0v) is 10.9. The third-order valence-electron chi connectivity index (χ3n) is 4.25. The lowest BCUT2D eigenvalue weighted by atomic mass is 9.92. The molecule has 0 bridgehead atoms. The number of nitrogens with zero attached hydrogens (tertiary/aromatic N) is 1. The van der Waals surface area contributed by atoms with Crippen LogP contribution in [0.5, 0.6) is 0 Å². The fraction of sp³-hybridized carbons (Fsp3) is 0.846. The molecule has 4 N–H and O–H groups in total. The summed E-state index contributed by atoms with van der Waals surface area (Å²) in [5, 5.41) is 0. The van der Waals surface area contributed by atoms with Gasteiger partial charge in [-0.25, -0.2) is 0 Å². The van der Waals surface area contributed by atoms with E-state index in [0.29, 0.717) is 19.4 Å². The van der Waals surface area contributed by atoms with Crippen LogP contribution in [-0.2, 0) is 9.59 Å². The maximum Gasteiger partial charge on any atom is 0.240 e. The summed E-state index contributed by atoms with van der Waals surface area (Å²) in [6.07, 6.45) is 6.99. The van der Waals surface area contributed by atoms with E-state index in [2.05, 4.69) is 0 Å². The number of likely N-dealkylation sites (tertiary alicyclic amines) is 1. The second kappa shape index (κ2) is 5.26. The third kappa shape index (κ3) is 2.83. The van der Waals surface area contributed by atoms with E-state index in [-0.39, 0.29) is 17.4 Å². The van der Waals surface area contributed by atoms with Crippen molar-refractivity contribution in [2.24, 2.45) is 11.5 Å². The van der Waals surface area contributed by atoms with E-state index in [4.69, 9.17) is 11.5 Å². The number of carbonyl (C=O) groups excluding carboxylic acids is 2. The molecule has 2 fully saturated rings. The minimum Gasteiger partial charge on any atom is -0.368 e. The molecule has 1 aliphatic carbocycles. The van der Waals surface area contributed by atoms with Crippen LogP contribution in [-0.4, -0.2) is 34.8 Å². The van der Waals surface area contributed by atoms with Crippen molar-refractivity contribution in [1.82, 2.24) is 4.90 Å². The van der Waals surface area contributed by atoms with Crippen molar-refractivity contribution in [3.8, 4) is 0 Å². The molecular formula is C13H23N3O2. The second-order valence-corrected chi connectivity index (χ2v) is 5.75. The number of hydrogen-bond donors (Lipinski definition) is 2. The molecule has 5 nitrogen and oxygen atoms in total. The molecule has 1 aliphatic heterocycles. The molecule has 5 heteroatoms. The van der Waals surface area contributed by atoms with Crippen LogP contribution in [0.25, 0.3) is 0 Å². The highest BCUT2D eigenvalue weighted by molar-refractivity contribution is 5.87. The Morgan fingerprint density at radius 1 is 1.17 bits per heavy atom. The van der Waals surface area contributed by atoms with Crippen LogP contribution < -0.4 is 11.5 Å². The summed E-state index contributed by atoms with van der Waals surface area (Å²) in [6, 6.07) is -0.420. The van der Waals surface area contributed by atoms with Crippen molar-refractivity contribution < 1.29 is 9.59 Å². The monoisotopic (exact) mass is 253 g/mol. The topological polar surface area (TPSA) is 89.4 Å². The molecule has 1 unspecified atom stereocenters. The SMILES string of the molecule is NC(=O)C1CCCCN1C(=O)CC1(N)CCCC1. The lowest BCUT2D eigenvalue weighted by molar-refractivity contribution is -0.142. The largest absolute Gasteiger partial charge is 0.368 e. The van der Waals surface area contributed by atoms with Crippen LogP contribution in [0.4, 0.5) is 0 Å². The van der Waals surface area contributed by atoms with Crippen molar-refractivity contribution >= 4 is 11.8 Å². The molecule has 1 heterocycles. The molecule has 2 aliphatic rings. The van der Waals surface area contributed by atoms with E-state index in [9.17, 15) is 9.59 Å². The molecule has 1 saturated heterocycles. The number of amides is 2. The van der Waals surface area contributed by atoms with E-state index in [1.54, 1.807) is 4.90 Å². The van der Waals surface area contributed by atoms with Gasteiger partial charge in [0.05, 0.1) is 0 Å². The number of hydrogen-bond acceptors (Lipinski definition) is 3. The van der Waals surface area contributed by atoms with Crippen molar-refractivity contribution in [2.75, 3.05) is 6.54 Å². The van der Waals surface area contributed by atoms with E-state index >= 15 is 0 Å². The lowest BCUT2D eigenvalue weighted by Crippen LogP contribution is -2.53. The van der Waals surface area contributed by atoms with Crippen molar-refractivity contribution in [3.05, 3.63) is 0 Å². The van der Waals surface area contributed by atoms with Gasteiger partial charge >= 0.3 is 0 Å². The molecule has 1 saturated carbocycles. The highest BCUT2D eigenvalue weighted by Crippen LogP contribution is 2.31. The molecule has 102 valence electrons. The van der Waals surface area contributed by atoms with Gasteiger partial charge in [-0.3, -0.25) is 9.59 Å². The van der Waals surface area contributed by atoms with Crippen LogP contribution in [0.3, 0.4) is 0 Å². The van der Waals surface area contributed by atoms with Gasteiger partial charge < -0.3 is 16.4 Å². The Hall–Kier alpha value is -1.10. The van der Waals surface area contributed by atoms with Gasteiger partial charge in [-0.1, -0.05) is 12.8 Å². The van der Waals surface area contributed by atoms with Crippen LogP contribution in [0.2, 0.25) is 0 Å². The Morgan fingerprint density at radius 2 is 1.83 bits per heavy atom. The van der Waals surface area contributed by atoms with E-state index in [1.165, 1.54) is 0 Å². The number of nitrogens with two attached hydrogens (primary N) is 2. The first-order chi connectivity index (χ1) is 8.52. The Morgan fingerprint density at radius 3 is 2.44 bits per heavy atom. The number of piperidine rings is 1. The molecule has 0 aromatic carbocycles. The molecule has 2 rings (SSSR count). The predicted molar refractivity (Wildman–Crippen MR) is 68.5 cm³/mol. The zero-order valence-electron chi connectivity index (χ0n) is 10.9. The van der Waals surface area contributed by atoms with Gasteiger partial charge in [0.25, 0.3) is 0 Å². The fourth-order valence-corrected chi connectivity index (χ4v) is 3.18. The molecule has 2 amide bonds. The number of rotatable bonds is 3. The van der Waals surface area contributed by atoms with E-state index in [1.807, 2.05) is 0 Å². The number of carbonyl (C=O) groups is 2. The Bertz CT molecular complexity index is 337. The molecular weight excluding hydrogens is 230 g/mol. The first-order valence-corrected chi connectivity index (χ1v) is 6.89. The number of primary amides is 1. The maximum atomic E-state index is 12.3. The van der Waals surface area contributed by atoms with Gasteiger partial charge in [0.2, 0.25) is 11.8 Å². The Kier molecular flexibility index (Phi) is 3.90. The first kappa shape index (κ1) is 13.3. The summed E-state index contributed by atoms with van der Waals surface area (Å²) in [7, 11) is 0. The Balaban J connectivity index is 2.00. The zero-order chi connectivity index (χ0) is 13.2. The van der Waals surface area contributed by atoms with Crippen LogP contribution in [0.1, 0.15) is 51.4 Å². The minimum absolute atomic E-state index is 0.00269. The Labute approximate surface area is 108 Å². The summed E-state index contributed by atoms with van der Waals surface area (Å²) in [4.78, 5) is 25.3. The van der Waals surface area contributed by atoms with Crippen molar-refractivity contribution in [3.63, 3.8) is 0 Å². The highest BCUT2D eigenvalue weighted by atomic mass is 16.2. The van der Waals surface area contributed by atoms with Gasteiger partial charge in [0.15, 0.2) is 0 Å². The quantitative estimate of drug-likeness (QED) is 0.768. The summed E-state index contributed by atoms with van der Waals surface area (Å²) >= 11 is 0. The summed E-state index contributed by atoms with van der Waals surface area (Å²) in [5.74, 6) is -0.386. The minimum atomic E-state index is -0.420. The van der Waals surface area contributed by atoms with Crippen LogP contribution >= 0.6 is 0 Å². The van der Waals surface area contributed by atoms with Gasteiger partial charge in [-0.15, -0.1) is 0 Å². The molecule has 1 atom stereocenters. The van der Waals surface area contributed by atoms with E-state index < -0.39 is 6.04 Å². The van der Waals surface area contributed by atoms with Crippen molar-refractivity contribution in [2.45, 2.75) is 62.9 Å². The summed E-state index contributed by atoms with van der Waals surface area (Å²) < 4.78 is 0. The maximum absolute atomic E-state index is 12.3. The van der Waals surface area contributed by atoms with Gasteiger partial charge in [-0.2, -0.15) is 0 Å². The van der Waals surface area contributed by atoms with Gasteiger partial charge in [0, 0.05) is 18.5 Å². The first-order valence-electron chi connectivity index (χ1n) is 6.89. The van der Waals surface area contributed by atoms with Gasteiger partial charge in [0.1, 0.15) is 6.04 Å². The molecule has 0 radical (unpaired) electrons. The van der Waals surface area contributed by atoms with Gasteiger partial charge in [-0.05, 0) is 32.1 Å². The smallest absolute Gasteiger partial charge is 0.240 e. The van der Waals surface area contributed by atoms with E-state index in [0.717, 1.165) is 38.5 Å². The fourth-order valence-electron chi connectivity index (χ4n) is 3.18. The molecule has 18 heavy (non-hydrogen) atoms. The summed E-state index contributed by atoms with van der Waals surface area (Å²) in [6.45, 7) is 0.641.